The van der Waals surface area contributed by atoms with Crippen LogP contribution in [0.2, 0.25) is 0 Å². The number of urea groups is 1. The van der Waals surface area contributed by atoms with Crippen LogP contribution in [0.15, 0.2) is 60.8 Å². The number of nitrogens with two attached hydrogens (primary N) is 1. The number of amides is 3. The first-order valence-electron chi connectivity index (χ1n) is 10.5. The molecule has 0 unspecified atom stereocenters. The highest BCUT2D eigenvalue weighted by molar-refractivity contribution is 6.00. The zero-order valence-electron chi connectivity index (χ0n) is 18.6. The van der Waals surface area contributed by atoms with Gasteiger partial charge in [0.1, 0.15) is 5.75 Å². The monoisotopic (exact) mass is 489 g/mol. The van der Waals surface area contributed by atoms with Gasteiger partial charge in [-0.3, -0.25) is 14.2 Å². The smallest absolute Gasteiger partial charge is 0.323 e. The van der Waals surface area contributed by atoms with Crippen molar-refractivity contribution in [2.45, 2.75) is 0 Å². The highest BCUT2D eigenvalue weighted by atomic mass is 19.2. The molecule has 12 heteroatoms. The van der Waals surface area contributed by atoms with E-state index < -0.39 is 23.6 Å². The van der Waals surface area contributed by atoms with E-state index in [1.807, 2.05) is 0 Å². The third-order valence-electron chi connectivity index (χ3n) is 5.39. The Balaban J connectivity index is 1.45. The van der Waals surface area contributed by atoms with Crippen molar-refractivity contribution < 1.29 is 23.1 Å². The van der Waals surface area contributed by atoms with Crippen LogP contribution in [0, 0.1) is 11.6 Å². The van der Waals surface area contributed by atoms with E-state index >= 15 is 0 Å². The number of ether oxygens (including phenoxy) is 1. The summed E-state index contributed by atoms with van der Waals surface area (Å²) in [5.41, 5.74) is 8.45. The summed E-state index contributed by atoms with van der Waals surface area (Å²) >= 11 is 0. The van der Waals surface area contributed by atoms with Gasteiger partial charge < -0.3 is 21.1 Å². The molecule has 0 aliphatic heterocycles. The van der Waals surface area contributed by atoms with Crippen molar-refractivity contribution in [3.63, 3.8) is 0 Å². The Labute approximate surface area is 201 Å². The summed E-state index contributed by atoms with van der Waals surface area (Å²) < 4.78 is 33.4. The molecule has 0 fully saturated rings. The van der Waals surface area contributed by atoms with Crippen LogP contribution in [0.4, 0.5) is 25.0 Å². The van der Waals surface area contributed by atoms with Crippen LogP contribution in [0.25, 0.3) is 28.1 Å². The number of hydrogen-bond acceptors (Lipinski definition) is 6. The molecule has 0 bridgehead atoms. The van der Waals surface area contributed by atoms with E-state index in [0.717, 1.165) is 12.1 Å². The van der Waals surface area contributed by atoms with E-state index in [2.05, 4.69) is 25.8 Å². The number of hydrogen-bond donors (Lipinski definition) is 3. The maximum absolute atomic E-state index is 13.4. The molecule has 2 aromatic heterocycles. The Morgan fingerprint density at radius 1 is 0.944 bits per heavy atom. The summed E-state index contributed by atoms with van der Waals surface area (Å²) in [7, 11) is 1.43. The molecule has 180 valence electrons. The van der Waals surface area contributed by atoms with E-state index in [1.54, 1.807) is 47.0 Å². The van der Waals surface area contributed by atoms with Crippen molar-refractivity contribution in [2.75, 3.05) is 17.7 Å². The minimum atomic E-state index is -1.07. The lowest BCUT2D eigenvalue weighted by atomic mass is 10.1. The molecule has 4 N–H and O–H groups in total. The number of primary amides is 1. The van der Waals surface area contributed by atoms with Crippen LogP contribution in [0.1, 0.15) is 10.4 Å². The minimum absolute atomic E-state index is 0.102. The molecular formula is C24H17F2N7O3. The Morgan fingerprint density at radius 2 is 1.67 bits per heavy atom. The number of anilines is 2. The lowest BCUT2D eigenvalue weighted by Gasteiger charge is -2.10. The third-order valence-corrected chi connectivity index (χ3v) is 5.39. The summed E-state index contributed by atoms with van der Waals surface area (Å²) in [6, 6.07) is 12.3. The van der Waals surface area contributed by atoms with Gasteiger partial charge in [0.25, 0.3) is 5.91 Å². The molecule has 3 aromatic carbocycles. The average molecular weight is 489 g/mol. The normalized spacial score (nSPS) is 11.0. The molecule has 5 rings (SSSR count). The van der Waals surface area contributed by atoms with E-state index in [9.17, 15) is 18.4 Å². The Bertz CT molecular complexity index is 1650. The Morgan fingerprint density at radius 3 is 2.36 bits per heavy atom. The van der Waals surface area contributed by atoms with Gasteiger partial charge in [0.05, 0.1) is 29.9 Å². The number of nitrogens with one attached hydrogen (secondary N) is 2. The van der Waals surface area contributed by atoms with E-state index in [1.165, 1.54) is 13.2 Å². The second-order valence-electron chi connectivity index (χ2n) is 7.67. The van der Waals surface area contributed by atoms with Gasteiger partial charge in [0.15, 0.2) is 23.1 Å². The first kappa shape index (κ1) is 22.7. The van der Waals surface area contributed by atoms with Crippen molar-refractivity contribution in [3.05, 3.63) is 78.0 Å². The molecule has 2 heterocycles. The third kappa shape index (κ3) is 4.11. The molecule has 5 aromatic rings. The molecule has 0 spiro atoms. The zero-order chi connectivity index (χ0) is 25.4. The molecule has 0 saturated carbocycles. The molecule has 0 aliphatic rings. The summed E-state index contributed by atoms with van der Waals surface area (Å²) in [5, 5.41) is 13.5. The fourth-order valence-corrected chi connectivity index (χ4v) is 3.70. The molecule has 0 atom stereocenters. The van der Waals surface area contributed by atoms with Gasteiger partial charge in [0.2, 0.25) is 0 Å². The van der Waals surface area contributed by atoms with Crippen molar-refractivity contribution >= 4 is 40.0 Å². The quantitative estimate of drug-likeness (QED) is 0.342. The van der Waals surface area contributed by atoms with Crippen LogP contribution < -0.4 is 21.1 Å². The number of fused-ring (bicyclic) bond motifs is 3. The number of aromatic nitrogens is 4. The summed E-state index contributed by atoms with van der Waals surface area (Å²) in [4.78, 5) is 28.5. The van der Waals surface area contributed by atoms with Crippen molar-refractivity contribution in [3.8, 4) is 17.1 Å². The van der Waals surface area contributed by atoms with Gasteiger partial charge in [-0.15, -0.1) is 10.2 Å². The largest absolute Gasteiger partial charge is 0.496 e. The van der Waals surface area contributed by atoms with Crippen LogP contribution in [-0.2, 0) is 0 Å². The molecule has 3 amide bonds. The number of carbonyl (C=O) groups excluding carboxylic acids is 2. The standard InChI is InChI=1S/C24H17F2N7O3/c1-36-20-10-18-19(9-15(20)22(27)34)33-21(11-28-18)31-32-23(33)12-2-4-13(5-3-12)29-24(35)30-14-6-7-16(25)17(26)8-14/h2-11H,1H3,(H2,27,34)(H2,29,30,35). The number of benzene rings is 3. The SMILES string of the molecule is COc1cc2ncc3nnc(-c4ccc(NC(=O)Nc5ccc(F)c(F)c5)cc4)n3c2cc1C(N)=O. The van der Waals surface area contributed by atoms with Gasteiger partial charge in [0, 0.05) is 29.1 Å². The van der Waals surface area contributed by atoms with Gasteiger partial charge in [-0.25, -0.2) is 13.6 Å². The van der Waals surface area contributed by atoms with Gasteiger partial charge >= 0.3 is 6.03 Å². The van der Waals surface area contributed by atoms with Crippen LogP contribution in [0.3, 0.4) is 0 Å². The Kier molecular flexibility index (Phi) is 5.60. The Hall–Kier alpha value is -5.13. The molecule has 0 aliphatic carbocycles. The average Bonchev–Trinajstić information content (AvgIpc) is 3.30. The van der Waals surface area contributed by atoms with E-state index in [4.69, 9.17) is 10.5 Å². The molecular weight excluding hydrogens is 472 g/mol. The molecule has 10 nitrogen and oxygen atoms in total. The van der Waals surface area contributed by atoms with Crippen LogP contribution in [0.5, 0.6) is 5.75 Å². The first-order chi connectivity index (χ1) is 17.3. The number of methoxy groups -OCH3 is 1. The maximum Gasteiger partial charge on any atom is 0.323 e. The second-order valence-corrected chi connectivity index (χ2v) is 7.67. The summed E-state index contributed by atoms with van der Waals surface area (Å²) in [5.74, 6) is -1.96. The predicted octanol–water partition coefficient (Wildman–Crippen LogP) is 3.97. The fourth-order valence-electron chi connectivity index (χ4n) is 3.70. The fraction of sp³-hybridized carbons (Fsp3) is 0.0417. The summed E-state index contributed by atoms with van der Waals surface area (Å²) in [6.45, 7) is 0. The number of nitrogens with zero attached hydrogens (tertiary/aromatic N) is 4. The van der Waals surface area contributed by atoms with Gasteiger partial charge in [-0.1, -0.05) is 0 Å². The molecule has 36 heavy (non-hydrogen) atoms. The topological polar surface area (TPSA) is 137 Å². The molecule has 0 radical (unpaired) electrons. The number of rotatable bonds is 5. The summed E-state index contributed by atoms with van der Waals surface area (Å²) in [6.07, 6.45) is 1.54. The van der Waals surface area contributed by atoms with E-state index in [0.29, 0.717) is 39.5 Å². The second kappa shape index (κ2) is 8.91. The number of carbonyl (C=O) groups is 2. The number of halogens is 2. The van der Waals surface area contributed by atoms with Gasteiger partial charge in [-0.2, -0.15) is 0 Å². The predicted molar refractivity (Wildman–Crippen MR) is 128 cm³/mol. The minimum Gasteiger partial charge on any atom is -0.496 e. The van der Waals surface area contributed by atoms with Crippen molar-refractivity contribution in [2.24, 2.45) is 5.73 Å². The van der Waals surface area contributed by atoms with Crippen LogP contribution >= 0.6 is 0 Å². The maximum atomic E-state index is 13.4. The van der Waals surface area contributed by atoms with Crippen molar-refractivity contribution in [1.29, 1.82) is 0 Å². The molecule has 0 saturated heterocycles. The highest BCUT2D eigenvalue weighted by Gasteiger charge is 2.17. The van der Waals surface area contributed by atoms with Crippen molar-refractivity contribution in [1.82, 2.24) is 19.6 Å². The van der Waals surface area contributed by atoms with E-state index in [-0.39, 0.29) is 11.3 Å². The lowest BCUT2D eigenvalue weighted by Crippen LogP contribution is -2.19. The zero-order valence-corrected chi connectivity index (χ0v) is 18.6. The van der Waals surface area contributed by atoms with Gasteiger partial charge in [-0.05, 0) is 42.5 Å². The highest BCUT2D eigenvalue weighted by Crippen LogP contribution is 2.28. The first-order valence-corrected chi connectivity index (χ1v) is 10.5. The van der Waals surface area contributed by atoms with Crippen LogP contribution in [-0.4, -0.2) is 38.6 Å². The lowest BCUT2D eigenvalue weighted by molar-refractivity contribution is 0.0997.